The zero-order valence-corrected chi connectivity index (χ0v) is 13.9. The average molecular weight is 339 g/mol. The molecule has 24 heavy (non-hydrogen) atoms. The molecule has 1 fully saturated rings. The van der Waals surface area contributed by atoms with Gasteiger partial charge in [0.15, 0.2) is 5.78 Å². The lowest BCUT2D eigenvalue weighted by atomic mass is 9.89. The van der Waals surface area contributed by atoms with E-state index in [0.29, 0.717) is 37.2 Å². The smallest absolute Gasteiger partial charge is 0.246 e. The van der Waals surface area contributed by atoms with Crippen LogP contribution in [-0.4, -0.2) is 35.3 Å². The predicted molar refractivity (Wildman–Crippen MR) is 93.3 cm³/mol. The van der Waals surface area contributed by atoms with E-state index in [4.69, 9.17) is 4.74 Å². The molecule has 4 nitrogen and oxygen atoms in total. The van der Waals surface area contributed by atoms with Crippen LogP contribution in [0.2, 0.25) is 0 Å². The highest BCUT2D eigenvalue weighted by molar-refractivity contribution is 7.10. The number of fused-ring (bicyclic) bond motifs is 1. The maximum Gasteiger partial charge on any atom is 0.246 e. The Morgan fingerprint density at radius 1 is 1.25 bits per heavy atom. The largest absolute Gasteiger partial charge is 0.484 e. The molecule has 1 amide bonds. The number of benzene rings is 1. The van der Waals surface area contributed by atoms with Crippen LogP contribution < -0.4 is 4.74 Å². The average Bonchev–Trinajstić information content (AvgIpc) is 3.23. The van der Waals surface area contributed by atoms with E-state index < -0.39 is 5.60 Å². The van der Waals surface area contributed by atoms with Crippen molar-refractivity contribution in [3.8, 4) is 5.75 Å². The Balaban J connectivity index is 1.48. The molecule has 0 saturated carbocycles. The van der Waals surface area contributed by atoms with Crippen molar-refractivity contribution in [3.05, 3.63) is 58.3 Å². The third kappa shape index (κ3) is 2.76. The molecule has 0 radical (unpaired) electrons. The second-order valence-electron chi connectivity index (χ2n) is 6.24. The maximum atomic E-state index is 12.4. The molecule has 1 spiro atoms. The molecule has 0 bridgehead atoms. The Kier molecular flexibility index (Phi) is 3.73. The van der Waals surface area contributed by atoms with Crippen LogP contribution in [0.1, 0.15) is 28.1 Å². The van der Waals surface area contributed by atoms with E-state index in [0.717, 1.165) is 4.88 Å². The summed E-state index contributed by atoms with van der Waals surface area (Å²) in [6.45, 7) is 1.07. The first-order chi connectivity index (χ1) is 11.7. The Bertz CT molecular complexity index is 812. The SMILES string of the molecule is O=C1CC2(CCN(C(=O)/C=C/c3cccs3)C2)Oc2ccccc21. The Morgan fingerprint density at radius 3 is 2.96 bits per heavy atom. The first-order valence-electron chi connectivity index (χ1n) is 7.97. The van der Waals surface area contributed by atoms with Gasteiger partial charge in [-0.15, -0.1) is 11.3 Å². The summed E-state index contributed by atoms with van der Waals surface area (Å²) in [4.78, 5) is 27.6. The number of para-hydroxylation sites is 1. The van der Waals surface area contributed by atoms with Gasteiger partial charge in [0.25, 0.3) is 0 Å². The molecule has 1 atom stereocenters. The van der Waals surface area contributed by atoms with Gasteiger partial charge in [-0.3, -0.25) is 9.59 Å². The Labute approximate surface area is 144 Å². The van der Waals surface area contributed by atoms with Crippen molar-refractivity contribution in [3.63, 3.8) is 0 Å². The summed E-state index contributed by atoms with van der Waals surface area (Å²) in [6, 6.07) is 11.3. The van der Waals surface area contributed by atoms with E-state index in [2.05, 4.69) is 0 Å². The van der Waals surface area contributed by atoms with Gasteiger partial charge in [0.2, 0.25) is 5.91 Å². The van der Waals surface area contributed by atoms with Crippen molar-refractivity contribution in [2.45, 2.75) is 18.4 Å². The van der Waals surface area contributed by atoms with E-state index in [-0.39, 0.29) is 11.7 Å². The van der Waals surface area contributed by atoms with Crippen LogP contribution in [-0.2, 0) is 4.79 Å². The molecule has 0 N–H and O–H groups in total. The number of carbonyl (C=O) groups excluding carboxylic acids is 2. The minimum absolute atomic E-state index is 0.0322. The standard InChI is InChI=1S/C19H17NO3S/c21-16-12-19(23-17-6-2-1-5-15(16)17)9-10-20(13-19)18(22)8-7-14-4-3-11-24-14/h1-8,11H,9-10,12-13H2/b8-7+. The summed E-state index contributed by atoms with van der Waals surface area (Å²) >= 11 is 1.59. The summed E-state index contributed by atoms with van der Waals surface area (Å²) in [7, 11) is 0. The molecule has 1 aromatic carbocycles. The molecule has 3 heterocycles. The van der Waals surface area contributed by atoms with Gasteiger partial charge in [-0.2, -0.15) is 0 Å². The normalized spacial score (nSPS) is 22.8. The lowest BCUT2D eigenvalue weighted by molar-refractivity contribution is -0.125. The van der Waals surface area contributed by atoms with Crippen LogP contribution in [0.15, 0.2) is 47.9 Å². The van der Waals surface area contributed by atoms with Crippen LogP contribution in [0.5, 0.6) is 5.75 Å². The van der Waals surface area contributed by atoms with Crippen LogP contribution in [0.3, 0.4) is 0 Å². The zero-order chi connectivity index (χ0) is 16.6. The van der Waals surface area contributed by atoms with E-state index in [1.54, 1.807) is 28.4 Å². The molecule has 2 aromatic rings. The predicted octanol–water partition coefficient (Wildman–Crippen LogP) is 3.40. The summed E-state index contributed by atoms with van der Waals surface area (Å²) < 4.78 is 6.14. The van der Waals surface area contributed by atoms with Crippen LogP contribution in [0.25, 0.3) is 6.08 Å². The molecule has 0 aliphatic carbocycles. The molecule has 5 heteroatoms. The number of likely N-dealkylation sites (tertiary alicyclic amines) is 1. The van der Waals surface area contributed by atoms with Crippen molar-refractivity contribution in [1.82, 2.24) is 4.90 Å². The molecule has 2 aliphatic rings. The van der Waals surface area contributed by atoms with Crippen LogP contribution >= 0.6 is 11.3 Å². The minimum Gasteiger partial charge on any atom is -0.484 e. The topological polar surface area (TPSA) is 46.6 Å². The number of hydrogen-bond acceptors (Lipinski definition) is 4. The first-order valence-corrected chi connectivity index (χ1v) is 8.85. The van der Waals surface area contributed by atoms with Crippen LogP contribution in [0.4, 0.5) is 0 Å². The molecular weight excluding hydrogens is 322 g/mol. The monoisotopic (exact) mass is 339 g/mol. The number of nitrogens with zero attached hydrogens (tertiary/aromatic N) is 1. The lowest BCUT2D eigenvalue weighted by Crippen LogP contribution is -2.45. The van der Waals surface area contributed by atoms with Crippen molar-refractivity contribution in [1.29, 1.82) is 0 Å². The van der Waals surface area contributed by atoms with Crippen molar-refractivity contribution < 1.29 is 14.3 Å². The molecule has 4 rings (SSSR count). The molecule has 122 valence electrons. The fourth-order valence-corrected chi connectivity index (χ4v) is 3.97. The highest BCUT2D eigenvalue weighted by atomic mass is 32.1. The molecule has 1 unspecified atom stereocenters. The molecule has 2 aliphatic heterocycles. The second kappa shape index (κ2) is 5.91. The van der Waals surface area contributed by atoms with Gasteiger partial charge >= 0.3 is 0 Å². The molecule has 1 saturated heterocycles. The van der Waals surface area contributed by atoms with Crippen LogP contribution in [0, 0.1) is 0 Å². The summed E-state index contributed by atoms with van der Waals surface area (Å²) in [5.74, 6) is 0.702. The molecular formula is C19H17NO3S. The van der Waals surface area contributed by atoms with Gasteiger partial charge in [-0.1, -0.05) is 18.2 Å². The van der Waals surface area contributed by atoms with E-state index in [1.165, 1.54) is 0 Å². The number of amides is 1. The molecule has 1 aromatic heterocycles. The fourth-order valence-electron chi connectivity index (χ4n) is 3.35. The van der Waals surface area contributed by atoms with E-state index in [1.807, 2.05) is 41.8 Å². The summed E-state index contributed by atoms with van der Waals surface area (Å²) in [6.07, 6.45) is 4.46. The Morgan fingerprint density at radius 2 is 2.12 bits per heavy atom. The van der Waals surface area contributed by atoms with Crippen molar-refractivity contribution in [2.24, 2.45) is 0 Å². The van der Waals surface area contributed by atoms with Gasteiger partial charge in [0, 0.05) is 23.9 Å². The highest BCUT2D eigenvalue weighted by Gasteiger charge is 2.46. The van der Waals surface area contributed by atoms with E-state index >= 15 is 0 Å². The van der Waals surface area contributed by atoms with Gasteiger partial charge in [-0.25, -0.2) is 0 Å². The quantitative estimate of drug-likeness (QED) is 0.788. The number of carbonyl (C=O) groups is 2. The van der Waals surface area contributed by atoms with Gasteiger partial charge < -0.3 is 9.64 Å². The Hall–Kier alpha value is -2.40. The third-order valence-corrected chi connectivity index (χ3v) is 5.40. The summed E-state index contributed by atoms with van der Waals surface area (Å²) in [5, 5.41) is 1.98. The van der Waals surface area contributed by atoms with Crippen molar-refractivity contribution >= 4 is 29.1 Å². The number of ether oxygens (including phenoxy) is 1. The number of hydrogen-bond donors (Lipinski definition) is 0. The van der Waals surface area contributed by atoms with Gasteiger partial charge in [-0.05, 0) is 29.7 Å². The second-order valence-corrected chi connectivity index (χ2v) is 7.22. The number of ketones is 1. The van der Waals surface area contributed by atoms with Gasteiger partial charge in [0.1, 0.15) is 11.4 Å². The van der Waals surface area contributed by atoms with Gasteiger partial charge in [0.05, 0.1) is 18.5 Å². The summed E-state index contributed by atoms with van der Waals surface area (Å²) in [5.41, 5.74) is 0.0724. The fraction of sp³-hybridized carbons (Fsp3) is 0.263. The zero-order valence-electron chi connectivity index (χ0n) is 13.1. The lowest BCUT2D eigenvalue weighted by Gasteiger charge is -2.34. The number of rotatable bonds is 2. The van der Waals surface area contributed by atoms with Crippen molar-refractivity contribution in [2.75, 3.05) is 13.1 Å². The highest BCUT2D eigenvalue weighted by Crippen LogP contribution is 2.38. The minimum atomic E-state index is -0.572. The first kappa shape index (κ1) is 15.1. The third-order valence-electron chi connectivity index (χ3n) is 4.56. The van der Waals surface area contributed by atoms with E-state index in [9.17, 15) is 9.59 Å². The number of Topliss-reactive ketones (excluding diaryl/α,β-unsaturated/α-hetero) is 1. The number of thiophene rings is 1. The maximum absolute atomic E-state index is 12.4.